The molecule has 0 aliphatic heterocycles. The number of carbonyl (C=O) groups excluding carboxylic acids is 1. The van der Waals surface area contributed by atoms with E-state index in [9.17, 15) is 9.90 Å². The van der Waals surface area contributed by atoms with Crippen molar-refractivity contribution in [2.24, 2.45) is 5.92 Å². The van der Waals surface area contributed by atoms with E-state index in [0.717, 1.165) is 41.7 Å². The third-order valence-corrected chi connectivity index (χ3v) is 4.80. The predicted octanol–water partition coefficient (Wildman–Crippen LogP) is 4.12. The molecule has 0 heterocycles. The molecule has 2 aromatic carbocycles. The van der Waals surface area contributed by atoms with Crippen molar-refractivity contribution >= 4 is 19.7 Å². The average Bonchev–Trinajstić information content (AvgIpc) is 2.58. The minimum Gasteiger partial charge on any atom is -0.508 e. The van der Waals surface area contributed by atoms with Crippen LogP contribution in [0.25, 0.3) is 17.2 Å². The number of phenols is 1. The Kier molecular flexibility index (Phi) is 5.27. The molecule has 3 rings (SSSR count). The molecule has 25 heavy (non-hydrogen) atoms. The molecule has 0 spiro atoms. The highest BCUT2D eigenvalue weighted by Crippen LogP contribution is 2.32. The number of phenolic OH excluding ortho intramolecular Hbond substituents is 1. The predicted molar refractivity (Wildman–Crippen MR) is 101 cm³/mol. The number of hydrogen-bond acceptors (Lipinski definition) is 3. The molecule has 0 unspecified atom stereocenters. The van der Waals surface area contributed by atoms with Gasteiger partial charge in [-0.15, -0.1) is 0 Å². The zero-order valence-electron chi connectivity index (χ0n) is 14.4. The van der Waals surface area contributed by atoms with Crippen LogP contribution in [-0.2, 0) is 11.1 Å². The van der Waals surface area contributed by atoms with E-state index in [1.165, 1.54) is 0 Å². The van der Waals surface area contributed by atoms with Gasteiger partial charge in [0.25, 0.3) is 0 Å². The summed E-state index contributed by atoms with van der Waals surface area (Å²) in [6.07, 6.45) is 6.92. The number of aromatic hydroxyl groups is 1. The van der Waals surface area contributed by atoms with Crippen molar-refractivity contribution in [3.05, 3.63) is 53.6 Å². The number of ether oxygens (including phenoxy) is 1. The molecular weight excluding hydrogens is 311 g/mol. The molecule has 126 valence electrons. The van der Waals surface area contributed by atoms with Crippen LogP contribution >= 0.6 is 0 Å². The first-order chi connectivity index (χ1) is 12.1. The van der Waals surface area contributed by atoms with Gasteiger partial charge in [0.15, 0.2) is 5.78 Å². The fourth-order valence-corrected chi connectivity index (χ4v) is 2.99. The van der Waals surface area contributed by atoms with Gasteiger partial charge in [0.2, 0.25) is 0 Å². The summed E-state index contributed by atoms with van der Waals surface area (Å²) in [5, 5.41) is 9.85. The summed E-state index contributed by atoms with van der Waals surface area (Å²) < 4.78 is 5.32. The van der Waals surface area contributed by atoms with Crippen molar-refractivity contribution in [3.63, 3.8) is 0 Å². The molecule has 0 atom stereocenters. The van der Waals surface area contributed by atoms with Gasteiger partial charge in [0, 0.05) is 5.92 Å². The van der Waals surface area contributed by atoms with E-state index in [1.807, 2.05) is 36.4 Å². The van der Waals surface area contributed by atoms with E-state index >= 15 is 0 Å². The molecule has 2 aromatic rings. The zero-order chi connectivity index (χ0) is 17.8. The number of ketones is 1. The Bertz CT molecular complexity index is 807. The first-order valence-electron chi connectivity index (χ1n) is 8.54. The van der Waals surface area contributed by atoms with Gasteiger partial charge in [0.1, 0.15) is 11.5 Å². The maximum Gasteiger partial charge on any atom is 0.158 e. The van der Waals surface area contributed by atoms with Crippen molar-refractivity contribution < 1.29 is 14.6 Å². The fourth-order valence-electron chi connectivity index (χ4n) is 2.99. The molecule has 1 aliphatic rings. The topological polar surface area (TPSA) is 46.5 Å². The summed E-state index contributed by atoms with van der Waals surface area (Å²) in [5.41, 5.74) is 3.50. The van der Waals surface area contributed by atoms with Crippen LogP contribution in [0.3, 0.4) is 0 Å². The zero-order valence-corrected chi connectivity index (χ0v) is 14.4. The van der Waals surface area contributed by atoms with E-state index < -0.39 is 0 Å². The quantitative estimate of drug-likeness (QED) is 0.639. The first-order valence-corrected chi connectivity index (χ1v) is 8.54. The lowest BCUT2D eigenvalue weighted by Crippen LogP contribution is -2.19. The van der Waals surface area contributed by atoms with Gasteiger partial charge in [-0.1, -0.05) is 30.9 Å². The van der Waals surface area contributed by atoms with Crippen molar-refractivity contribution in [2.75, 3.05) is 7.11 Å². The van der Waals surface area contributed by atoms with Crippen molar-refractivity contribution in [1.29, 1.82) is 0 Å². The highest BCUT2D eigenvalue weighted by atomic mass is 16.5. The standard InChI is InChI=1S/C21H21BO3/c1-25-18-7-8-19(15-5-10-21(24)17(11-15)13-22)16(12-18)6-9-20(23)14-3-2-4-14/h5-12,14,24H,2-4,13H2,1H3/b9-6+. The highest BCUT2D eigenvalue weighted by molar-refractivity contribution is 6.08. The minimum atomic E-state index is 0.183. The van der Waals surface area contributed by atoms with Crippen LogP contribution in [-0.4, -0.2) is 25.8 Å². The molecule has 1 aliphatic carbocycles. The molecule has 0 saturated heterocycles. The molecule has 0 amide bonds. The van der Waals surface area contributed by atoms with Gasteiger partial charge in [-0.2, -0.15) is 0 Å². The second kappa shape index (κ2) is 7.60. The van der Waals surface area contributed by atoms with Crippen LogP contribution in [0.4, 0.5) is 0 Å². The van der Waals surface area contributed by atoms with Crippen LogP contribution in [0, 0.1) is 5.92 Å². The summed E-state index contributed by atoms with van der Waals surface area (Å²) in [6.45, 7) is 0. The monoisotopic (exact) mass is 332 g/mol. The molecule has 0 aromatic heterocycles. The smallest absolute Gasteiger partial charge is 0.158 e. The summed E-state index contributed by atoms with van der Waals surface area (Å²) in [6, 6.07) is 11.1. The Morgan fingerprint density at radius 3 is 2.72 bits per heavy atom. The second-order valence-corrected chi connectivity index (χ2v) is 6.36. The van der Waals surface area contributed by atoms with Gasteiger partial charge >= 0.3 is 0 Å². The molecular formula is C21H21BO3. The summed E-state index contributed by atoms with van der Waals surface area (Å²) in [5.74, 6) is 1.30. The lowest BCUT2D eigenvalue weighted by atomic mass is 9.82. The Labute approximate surface area is 149 Å². The van der Waals surface area contributed by atoms with Gasteiger partial charge in [0.05, 0.1) is 15.0 Å². The number of carbonyl (C=O) groups is 1. The van der Waals surface area contributed by atoms with E-state index in [1.54, 1.807) is 19.3 Å². The number of rotatable bonds is 6. The van der Waals surface area contributed by atoms with E-state index in [4.69, 9.17) is 12.6 Å². The third-order valence-electron chi connectivity index (χ3n) is 4.80. The van der Waals surface area contributed by atoms with Crippen molar-refractivity contribution in [3.8, 4) is 22.6 Å². The Morgan fingerprint density at radius 2 is 2.08 bits per heavy atom. The molecule has 1 N–H and O–H groups in total. The number of allylic oxidation sites excluding steroid dienone is 1. The molecule has 1 saturated carbocycles. The number of hydrogen-bond donors (Lipinski definition) is 1. The fraction of sp³-hybridized carbons (Fsp3) is 0.286. The lowest BCUT2D eigenvalue weighted by Gasteiger charge is -2.22. The summed E-state index contributed by atoms with van der Waals surface area (Å²) in [7, 11) is 7.32. The molecule has 0 bridgehead atoms. The third kappa shape index (κ3) is 3.79. The molecule has 2 radical (unpaired) electrons. The lowest BCUT2D eigenvalue weighted by molar-refractivity contribution is -0.120. The maximum atomic E-state index is 12.2. The summed E-state index contributed by atoms with van der Waals surface area (Å²) in [4.78, 5) is 12.2. The minimum absolute atomic E-state index is 0.183. The number of methoxy groups -OCH3 is 1. The van der Waals surface area contributed by atoms with Crippen LogP contribution < -0.4 is 4.74 Å². The Hall–Kier alpha value is -2.49. The first kappa shape index (κ1) is 17.3. The van der Waals surface area contributed by atoms with Gasteiger partial charge in [-0.05, 0) is 65.4 Å². The number of benzene rings is 2. The van der Waals surface area contributed by atoms with E-state index in [-0.39, 0.29) is 23.8 Å². The Morgan fingerprint density at radius 1 is 1.28 bits per heavy atom. The van der Waals surface area contributed by atoms with Crippen LogP contribution in [0.15, 0.2) is 42.5 Å². The SMILES string of the molecule is [B]Cc1cc(-c2ccc(OC)cc2/C=C/C(=O)C2CCC2)ccc1O. The molecule has 3 nitrogen and oxygen atoms in total. The maximum absolute atomic E-state index is 12.2. The normalized spacial score (nSPS) is 14.4. The molecule has 4 heteroatoms. The second-order valence-electron chi connectivity index (χ2n) is 6.36. The van der Waals surface area contributed by atoms with E-state index in [0.29, 0.717) is 5.56 Å². The summed E-state index contributed by atoms with van der Waals surface area (Å²) >= 11 is 0. The molecule has 1 fully saturated rings. The van der Waals surface area contributed by atoms with Crippen molar-refractivity contribution in [2.45, 2.75) is 25.6 Å². The van der Waals surface area contributed by atoms with Crippen LogP contribution in [0.5, 0.6) is 11.5 Å². The Balaban J connectivity index is 1.98. The van der Waals surface area contributed by atoms with Gasteiger partial charge in [-0.3, -0.25) is 4.79 Å². The van der Waals surface area contributed by atoms with E-state index in [2.05, 4.69) is 0 Å². The van der Waals surface area contributed by atoms with Crippen LogP contribution in [0.2, 0.25) is 0 Å². The van der Waals surface area contributed by atoms with Gasteiger partial charge < -0.3 is 9.84 Å². The highest BCUT2D eigenvalue weighted by Gasteiger charge is 2.23. The van der Waals surface area contributed by atoms with Gasteiger partial charge in [-0.25, -0.2) is 0 Å². The van der Waals surface area contributed by atoms with Crippen LogP contribution in [0.1, 0.15) is 30.4 Å². The van der Waals surface area contributed by atoms with Crippen molar-refractivity contribution in [1.82, 2.24) is 0 Å². The average molecular weight is 332 g/mol. The largest absolute Gasteiger partial charge is 0.508 e.